The van der Waals surface area contributed by atoms with E-state index in [1.165, 1.54) is 0 Å². The summed E-state index contributed by atoms with van der Waals surface area (Å²) in [5.41, 5.74) is 0.411. The zero-order valence-corrected chi connectivity index (χ0v) is 14.9. The highest BCUT2D eigenvalue weighted by Crippen LogP contribution is 2.50. The van der Waals surface area contributed by atoms with E-state index in [1.807, 2.05) is 40.1 Å². The van der Waals surface area contributed by atoms with Crippen molar-refractivity contribution in [1.29, 1.82) is 0 Å². The highest BCUT2D eigenvalue weighted by molar-refractivity contribution is 5.84. The summed E-state index contributed by atoms with van der Waals surface area (Å²) in [7, 11) is 0. The number of likely N-dealkylation sites (tertiary alicyclic amines) is 1. The van der Waals surface area contributed by atoms with Crippen LogP contribution in [0.2, 0.25) is 0 Å². The molecule has 4 heterocycles. The zero-order chi connectivity index (χ0) is 18.4. The number of hydrogen-bond donors (Lipinski definition) is 0. The van der Waals surface area contributed by atoms with Gasteiger partial charge in [0, 0.05) is 25.9 Å². The Labute approximate surface area is 156 Å². The smallest absolute Gasteiger partial charge is 0.227 e. The molecule has 1 aromatic heterocycles. The fraction of sp³-hybridized carbons (Fsp3) is 0.474. The van der Waals surface area contributed by atoms with E-state index in [4.69, 9.17) is 4.74 Å². The Kier molecular flexibility index (Phi) is 3.75. The summed E-state index contributed by atoms with van der Waals surface area (Å²) in [6.07, 6.45) is 4.45. The highest BCUT2D eigenvalue weighted by atomic mass is 16.5. The van der Waals surface area contributed by atoms with Crippen LogP contribution in [0.5, 0.6) is 0 Å². The minimum atomic E-state index is -0.663. The second kappa shape index (κ2) is 6.16. The van der Waals surface area contributed by atoms with Crippen LogP contribution >= 0.6 is 0 Å². The number of carbonyl (C=O) groups is 2. The minimum absolute atomic E-state index is 0.0481. The van der Waals surface area contributed by atoms with Gasteiger partial charge in [-0.15, -0.1) is 10.2 Å². The third-order valence-electron chi connectivity index (χ3n) is 5.97. The lowest BCUT2D eigenvalue weighted by Gasteiger charge is -2.32. The Morgan fingerprint density at radius 2 is 2.00 bits per heavy atom. The molecule has 2 amide bonds. The Hall–Kier alpha value is -2.74. The average Bonchev–Trinajstić information content (AvgIpc) is 3.44. The molecule has 0 N–H and O–H groups in total. The van der Waals surface area contributed by atoms with E-state index >= 15 is 0 Å². The maximum absolute atomic E-state index is 12.8. The number of rotatable bonds is 4. The first-order valence-corrected chi connectivity index (χ1v) is 9.32. The van der Waals surface area contributed by atoms with Crippen LogP contribution in [0.25, 0.3) is 0 Å². The van der Waals surface area contributed by atoms with Crippen molar-refractivity contribution < 1.29 is 14.3 Å². The molecule has 1 aromatic carbocycles. The van der Waals surface area contributed by atoms with Gasteiger partial charge in [-0.2, -0.15) is 0 Å². The Morgan fingerprint density at radius 1 is 1.22 bits per heavy atom. The molecule has 0 aliphatic carbocycles. The van der Waals surface area contributed by atoms with E-state index in [-0.39, 0.29) is 24.0 Å². The van der Waals surface area contributed by atoms with Gasteiger partial charge in [-0.3, -0.25) is 9.59 Å². The first-order chi connectivity index (χ1) is 13.2. The van der Waals surface area contributed by atoms with Crippen molar-refractivity contribution in [2.75, 3.05) is 13.1 Å². The molecule has 0 radical (unpaired) electrons. The van der Waals surface area contributed by atoms with Gasteiger partial charge >= 0.3 is 0 Å². The number of hydrogen-bond acceptors (Lipinski definition) is 5. The van der Waals surface area contributed by atoms with Crippen molar-refractivity contribution in [3.8, 4) is 0 Å². The summed E-state index contributed by atoms with van der Waals surface area (Å²) >= 11 is 0. The third-order valence-corrected chi connectivity index (χ3v) is 5.97. The van der Waals surface area contributed by atoms with Gasteiger partial charge in [0.1, 0.15) is 18.8 Å². The van der Waals surface area contributed by atoms with Crippen molar-refractivity contribution in [3.05, 3.63) is 48.5 Å². The Balaban J connectivity index is 1.34. The maximum atomic E-state index is 12.8. The van der Waals surface area contributed by atoms with E-state index in [1.54, 1.807) is 17.2 Å². The lowest BCUT2D eigenvalue weighted by Crippen LogP contribution is -2.48. The number of carbonyl (C=O) groups excluding carboxylic acids is 2. The summed E-state index contributed by atoms with van der Waals surface area (Å²) in [6, 6.07) is 9.78. The first kappa shape index (κ1) is 16.4. The number of benzene rings is 1. The zero-order valence-electron chi connectivity index (χ0n) is 14.9. The van der Waals surface area contributed by atoms with Crippen molar-refractivity contribution in [3.63, 3.8) is 0 Å². The quantitative estimate of drug-likeness (QED) is 0.804. The van der Waals surface area contributed by atoms with Gasteiger partial charge in [0.05, 0.1) is 19.0 Å². The molecule has 5 rings (SSSR count). The van der Waals surface area contributed by atoms with Crippen molar-refractivity contribution in [1.82, 2.24) is 24.6 Å². The van der Waals surface area contributed by atoms with Gasteiger partial charge in [0.2, 0.25) is 11.8 Å². The molecule has 3 fully saturated rings. The SMILES string of the molecule is O=C(CCn1cnnc1)N1CC[C@@]23O[C@@H](c4ccccc4)CN2C(=O)C[C@@H]13. The van der Waals surface area contributed by atoms with E-state index in [0.717, 1.165) is 5.56 Å². The maximum Gasteiger partial charge on any atom is 0.227 e. The van der Waals surface area contributed by atoms with Crippen molar-refractivity contribution >= 4 is 11.8 Å². The van der Waals surface area contributed by atoms with E-state index in [2.05, 4.69) is 10.2 Å². The van der Waals surface area contributed by atoms with Crippen LogP contribution in [0.4, 0.5) is 0 Å². The summed E-state index contributed by atoms with van der Waals surface area (Å²) in [4.78, 5) is 29.2. The molecule has 8 heteroatoms. The van der Waals surface area contributed by atoms with Gasteiger partial charge in [-0.05, 0) is 5.56 Å². The molecule has 3 atom stereocenters. The van der Waals surface area contributed by atoms with E-state index in [0.29, 0.717) is 38.9 Å². The van der Waals surface area contributed by atoms with E-state index < -0.39 is 5.72 Å². The molecule has 2 aromatic rings. The standard InChI is InChI=1S/C19H21N5O3/c25-17(6-8-22-12-20-21-13-22)23-9-7-19-16(23)10-18(26)24(19)11-15(27-19)14-4-2-1-3-5-14/h1-5,12-13,15-16H,6-11H2/t15-,16-,19+/m1/s1. The monoisotopic (exact) mass is 367 g/mol. The van der Waals surface area contributed by atoms with Crippen LogP contribution in [0.1, 0.15) is 30.9 Å². The normalized spacial score (nSPS) is 29.3. The average molecular weight is 367 g/mol. The number of aromatic nitrogens is 3. The predicted octanol–water partition coefficient (Wildman–Crippen LogP) is 0.969. The second-order valence-corrected chi connectivity index (χ2v) is 7.37. The highest BCUT2D eigenvalue weighted by Gasteiger charge is 2.64. The molecule has 3 saturated heterocycles. The van der Waals surface area contributed by atoms with Crippen molar-refractivity contribution in [2.24, 2.45) is 0 Å². The molecular formula is C19H21N5O3. The first-order valence-electron chi connectivity index (χ1n) is 9.32. The van der Waals surface area contributed by atoms with Crippen LogP contribution in [0, 0.1) is 0 Å². The molecule has 8 nitrogen and oxygen atoms in total. The summed E-state index contributed by atoms with van der Waals surface area (Å²) in [6.45, 7) is 1.71. The summed E-state index contributed by atoms with van der Waals surface area (Å²) < 4.78 is 8.26. The molecule has 3 aliphatic rings. The van der Waals surface area contributed by atoms with Crippen LogP contribution in [-0.4, -0.2) is 61.2 Å². The molecule has 3 aliphatic heterocycles. The number of ether oxygens (including phenoxy) is 1. The molecule has 0 bridgehead atoms. The molecule has 1 spiro atoms. The Bertz CT molecular complexity index is 855. The predicted molar refractivity (Wildman–Crippen MR) is 94.1 cm³/mol. The number of aryl methyl sites for hydroxylation is 1. The van der Waals surface area contributed by atoms with Gasteiger partial charge in [0.25, 0.3) is 0 Å². The van der Waals surface area contributed by atoms with Gasteiger partial charge < -0.3 is 19.1 Å². The van der Waals surface area contributed by atoms with E-state index in [9.17, 15) is 9.59 Å². The third kappa shape index (κ3) is 2.55. The van der Waals surface area contributed by atoms with Gasteiger partial charge in [-0.1, -0.05) is 30.3 Å². The largest absolute Gasteiger partial charge is 0.343 e. The summed E-state index contributed by atoms with van der Waals surface area (Å²) in [5, 5.41) is 7.51. The molecule has 0 unspecified atom stereocenters. The number of nitrogens with zero attached hydrogens (tertiary/aromatic N) is 5. The van der Waals surface area contributed by atoms with Crippen LogP contribution in [0.15, 0.2) is 43.0 Å². The van der Waals surface area contributed by atoms with Crippen molar-refractivity contribution in [2.45, 2.75) is 43.7 Å². The fourth-order valence-electron chi connectivity index (χ4n) is 4.67. The Morgan fingerprint density at radius 3 is 2.78 bits per heavy atom. The lowest BCUT2D eigenvalue weighted by atomic mass is 10.1. The number of amides is 2. The topological polar surface area (TPSA) is 80.6 Å². The van der Waals surface area contributed by atoms with Crippen LogP contribution < -0.4 is 0 Å². The molecule has 140 valence electrons. The molecule has 27 heavy (non-hydrogen) atoms. The summed E-state index contributed by atoms with van der Waals surface area (Å²) in [5.74, 6) is 0.127. The minimum Gasteiger partial charge on any atom is -0.343 e. The van der Waals surface area contributed by atoms with Crippen LogP contribution in [-0.2, 0) is 20.9 Å². The lowest BCUT2D eigenvalue weighted by molar-refractivity contribution is -0.143. The molecule has 0 saturated carbocycles. The second-order valence-electron chi connectivity index (χ2n) is 7.37. The van der Waals surface area contributed by atoms with Gasteiger partial charge in [0.15, 0.2) is 5.72 Å². The van der Waals surface area contributed by atoms with Crippen LogP contribution in [0.3, 0.4) is 0 Å². The van der Waals surface area contributed by atoms with Gasteiger partial charge in [-0.25, -0.2) is 0 Å². The fourth-order valence-corrected chi connectivity index (χ4v) is 4.67. The molecular weight excluding hydrogens is 346 g/mol.